The second kappa shape index (κ2) is 5.78. The van der Waals surface area contributed by atoms with Crippen LogP contribution in [0.15, 0.2) is 0 Å². The molecular formula is C12H23NOS. The zero-order valence-electron chi connectivity index (χ0n) is 9.88. The lowest BCUT2D eigenvalue weighted by molar-refractivity contribution is -0.121. The summed E-state index contributed by atoms with van der Waals surface area (Å²) in [6.45, 7) is 5.35. The van der Waals surface area contributed by atoms with Crippen LogP contribution in [-0.4, -0.2) is 18.2 Å². The predicted molar refractivity (Wildman–Crippen MR) is 67.2 cm³/mol. The SMILES string of the molecule is CC(C)(CNC(=O)CCS)C1CCCC1. The second-order valence-corrected chi connectivity index (χ2v) is 5.67. The van der Waals surface area contributed by atoms with E-state index in [-0.39, 0.29) is 11.3 Å². The first-order chi connectivity index (χ1) is 7.06. The van der Waals surface area contributed by atoms with Gasteiger partial charge in [0.25, 0.3) is 0 Å². The number of thiol groups is 1. The average molecular weight is 229 g/mol. The first kappa shape index (κ1) is 12.9. The summed E-state index contributed by atoms with van der Waals surface area (Å²) < 4.78 is 0. The Balaban J connectivity index is 2.31. The first-order valence-electron chi connectivity index (χ1n) is 5.94. The molecule has 0 radical (unpaired) electrons. The molecule has 1 N–H and O–H groups in total. The van der Waals surface area contributed by atoms with Crippen molar-refractivity contribution in [1.29, 1.82) is 0 Å². The number of hydrogen-bond acceptors (Lipinski definition) is 2. The van der Waals surface area contributed by atoms with Crippen LogP contribution in [-0.2, 0) is 4.79 Å². The predicted octanol–water partition coefficient (Wildman–Crippen LogP) is 2.64. The fraction of sp³-hybridized carbons (Fsp3) is 0.917. The van der Waals surface area contributed by atoms with Crippen molar-refractivity contribution in [3.63, 3.8) is 0 Å². The molecule has 1 fully saturated rings. The quantitative estimate of drug-likeness (QED) is 0.697. The van der Waals surface area contributed by atoms with Crippen LogP contribution in [0.5, 0.6) is 0 Å². The number of nitrogens with one attached hydrogen (secondary N) is 1. The highest BCUT2D eigenvalue weighted by Gasteiger charge is 2.31. The first-order valence-corrected chi connectivity index (χ1v) is 6.57. The van der Waals surface area contributed by atoms with Gasteiger partial charge in [-0.1, -0.05) is 26.7 Å². The molecule has 1 amide bonds. The van der Waals surface area contributed by atoms with Crippen LogP contribution in [0.1, 0.15) is 46.0 Å². The Morgan fingerprint density at radius 1 is 1.40 bits per heavy atom. The van der Waals surface area contributed by atoms with Crippen LogP contribution < -0.4 is 5.32 Å². The lowest BCUT2D eigenvalue weighted by Gasteiger charge is -2.31. The van der Waals surface area contributed by atoms with Gasteiger partial charge >= 0.3 is 0 Å². The molecule has 1 saturated carbocycles. The van der Waals surface area contributed by atoms with Crippen LogP contribution in [0, 0.1) is 11.3 Å². The number of amides is 1. The number of hydrogen-bond donors (Lipinski definition) is 2. The Kier molecular flexibility index (Phi) is 4.97. The van der Waals surface area contributed by atoms with Crippen molar-refractivity contribution in [3.8, 4) is 0 Å². The fourth-order valence-corrected chi connectivity index (χ4v) is 2.57. The van der Waals surface area contributed by atoms with Gasteiger partial charge in [-0.05, 0) is 29.9 Å². The summed E-state index contributed by atoms with van der Waals surface area (Å²) in [6.07, 6.45) is 5.91. The summed E-state index contributed by atoms with van der Waals surface area (Å²) in [5, 5.41) is 3.01. The van der Waals surface area contributed by atoms with Gasteiger partial charge in [0.2, 0.25) is 5.91 Å². The molecule has 0 spiro atoms. The monoisotopic (exact) mass is 229 g/mol. The van der Waals surface area contributed by atoms with E-state index >= 15 is 0 Å². The van der Waals surface area contributed by atoms with E-state index in [0.29, 0.717) is 12.2 Å². The van der Waals surface area contributed by atoms with Crippen molar-refractivity contribution < 1.29 is 4.79 Å². The summed E-state index contributed by atoms with van der Waals surface area (Å²) in [5.74, 6) is 1.56. The van der Waals surface area contributed by atoms with Crippen molar-refractivity contribution >= 4 is 18.5 Å². The molecule has 0 aliphatic heterocycles. The van der Waals surface area contributed by atoms with Crippen molar-refractivity contribution in [1.82, 2.24) is 5.32 Å². The highest BCUT2D eigenvalue weighted by atomic mass is 32.1. The van der Waals surface area contributed by atoms with E-state index in [9.17, 15) is 4.79 Å². The van der Waals surface area contributed by atoms with Crippen molar-refractivity contribution in [2.45, 2.75) is 46.0 Å². The molecule has 0 bridgehead atoms. The van der Waals surface area contributed by atoms with E-state index in [2.05, 4.69) is 31.8 Å². The summed E-state index contributed by atoms with van der Waals surface area (Å²) >= 11 is 4.05. The molecule has 88 valence electrons. The summed E-state index contributed by atoms with van der Waals surface area (Å²) in [5.41, 5.74) is 0.253. The highest BCUT2D eigenvalue weighted by molar-refractivity contribution is 7.80. The van der Waals surface area contributed by atoms with Gasteiger partial charge in [0.15, 0.2) is 0 Å². The Bertz CT molecular complexity index is 210. The zero-order chi connectivity index (χ0) is 11.3. The van der Waals surface area contributed by atoms with Crippen LogP contribution >= 0.6 is 12.6 Å². The maximum absolute atomic E-state index is 11.3. The molecule has 0 aromatic carbocycles. The summed E-state index contributed by atoms with van der Waals surface area (Å²) in [6, 6.07) is 0. The zero-order valence-corrected chi connectivity index (χ0v) is 10.8. The van der Waals surface area contributed by atoms with Crippen LogP contribution in [0.3, 0.4) is 0 Å². The smallest absolute Gasteiger partial charge is 0.220 e. The van der Waals surface area contributed by atoms with Gasteiger partial charge in [0.1, 0.15) is 0 Å². The average Bonchev–Trinajstić information content (AvgIpc) is 2.69. The largest absolute Gasteiger partial charge is 0.356 e. The van der Waals surface area contributed by atoms with Gasteiger partial charge in [0.05, 0.1) is 0 Å². The Morgan fingerprint density at radius 3 is 2.53 bits per heavy atom. The third kappa shape index (κ3) is 4.06. The third-order valence-corrected chi connectivity index (χ3v) is 3.76. The van der Waals surface area contributed by atoms with Gasteiger partial charge in [0, 0.05) is 13.0 Å². The van der Waals surface area contributed by atoms with Crippen LogP contribution in [0.25, 0.3) is 0 Å². The maximum Gasteiger partial charge on any atom is 0.220 e. The molecule has 0 unspecified atom stereocenters. The van der Waals surface area contributed by atoms with E-state index in [1.54, 1.807) is 0 Å². The maximum atomic E-state index is 11.3. The normalized spacial score (nSPS) is 18.1. The van der Waals surface area contributed by atoms with Crippen molar-refractivity contribution in [2.24, 2.45) is 11.3 Å². The topological polar surface area (TPSA) is 29.1 Å². The molecule has 0 aromatic heterocycles. The Hall–Kier alpha value is -0.180. The molecule has 1 rings (SSSR count). The fourth-order valence-electron chi connectivity index (χ4n) is 2.37. The van der Waals surface area contributed by atoms with E-state index in [0.717, 1.165) is 12.5 Å². The summed E-state index contributed by atoms with van der Waals surface area (Å²) in [7, 11) is 0. The molecule has 0 heterocycles. The minimum Gasteiger partial charge on any atom is -0.356 e. The third-order valence-electron chi connectivity index (χ3n) is 3.54. The molecule has 3 heteroatoms. The van der Waals surface area contributed by atoms with Gasteiger partial charge in [-0.25, -0.2) is 0 Å². The second-order valence-electron chi connectivity index (χ2n) is 5.22. The van der Waals surface area contributed by atoms with E-state index in [4.69, 9.17) is 0 Å². The number of carbonyl (C=O) groups is 1. The van der Waals surface area contributed by atoms with E-state index in [1.807, 2.05) is 0 Å². The lowest BCUT2D eigenvalue weighted by atomic mass is 9.78. The minimum atomic E-state index is 0.135. The van der Waals surface area contributed by atoms with E-state index < -0.39 is 0 Å². The van der Waals surface area contributed by atoms with E-state index in [1.165, 1.54) is 25.7 Å². The van der Waals surface area contributed by atoms with Crippen LogP contribution in [0.2, 0.25) is 0 Å². The van der Waals surface area contributed by atoms with Gasteiger partial charge in [-0.2, -0.15) is 12.6 Å². The molecule has 0 aromatic rings. The Labute approximate surface area is 98.6 Å². The Morgan fingerprint density at radius 2 is 2.00 bits per heavy atom. The molecule has 2 nitrogen and oxygen atoms in total. The van der Waals surface area contributed by atoms with Crippen molar-refractivity contribution in [2.75, 3.05) is 12.3 Å². The molecule has 1 aliphatic rings. The summed E-state index contributed by atoms with van der Waals surface area (Å²) in [4.78, 5) is 11.3. The molecule has 15 heavy (non-hydrogen) atoms. The molecular weight excluding hydrogens is 206 g/mol. The lowest BCUT2D eigenvalue weighted by Crippen LogP contribution is -2.37. The van der Waals surface area contributed by atoms with Crippen molar-refractivity contribution in [3.05, 3.63) is 0 Å². The molecule has 0 atom stereocenters. The highest BCUT2D eigenvalue weighted by Crippen LogP contribution is 2.38. The van der Waals surface area contributed by atoms with Gasteiger partial charge < -0.3 is 5.32 Å². The number of rotatable bonds is 5. The number of carbonyl (C=O) groups excluding carboxylic acids is 1. The van der Waals surface area contributed by atoms with Gasteiger partial charge in [-0.3, -0.25) is 4.79 Å². The minimum absolute atomic E-state index is 0.135. The molecule has 1 aliphatic carbocycles. The standard InChI is InChI=1S/C12H23NOS/c1-12(2,10-5-3-4-6-10)9-13-11(14)7-8-15/h10,15H,3-9H2,1-2H3,(H,13,14). The molecule has 0 saturated heterocycles. The van der Waals surface area contributed by atoms with Gasteiger partial charge in [-0.15, -0.1) is 0 Å². The van der Waals surface area contributed by atoms with Crippen LogP contribution in [0.4, 0.5) is 0 Å².